The first kappa shape index (κ1) is 25.2. The number of amidine groups is 2. The molecule has 0 saturated carbocycles. The molecule has 0 unspecified atom stereocenters. The fraction of sp³-hybridized carbons (Fsp3) is 0.231. The fourth-order valence-electron chi connectivity index (χ4n) is 3.39. The van der Waals surface area contributed by atoms with E-state index in [0.29, 0.717) is 11.3 Å². The summed E-state index contributed by atoms with van der Waals surface area (Å²) in [5.41, 5.74) is 28.2. The van der Waals surface area contributed by atoms with Crippen LogP contribution in [0.25, 0.3) is 22.5 Å². The molecule has 9 heteroatoms. The lowest BCUT2D eigenvalue weighted by Crippen LogP contribution is -2.20. The Morgan fingerprint density at radius 3 is 1.69 bits per heavy atom. The van der Waals surface area contributed by atoms with E-state index < -0.39 is 0 Å². The Morgan fingerprint density at radius 2 is 1.17 bits per heavy atom. The van der Waals surface area contributed by atoms with Crippen molar-refractivity contribution >= 4 is 23.6 Å². The minimum atomic E-state index is 0.0253. The third-order valence-corrected chi connectivity index (χ3v) is 4.81. The molecule has 0 atom stereocenters. The Labute approximate surface area is 205 Å². The van der Waals surface area contributed by atoms with Crippen LogP contribution in [0.3, 0.4) is 0 Å². The number of rotatable bonds is 6. The van der Waals surface area contributed by atoms with Crippen molar-refractivity contribution in [2.45, 2.75) is 39.8 Å². The van der Waals surface area contributed by atoms with Gasteiger partial charge in [-0.25, -0.2) is 9.98 Å². The quantitative estimate of drug-likeness (QED) is 0.318. The Balaban J connectivity index is 1.96. The van der Waals surface area contributed by atoms with Gasteiger partial charge in [0, 0.05) is 34.3 Å². The largest absolute Gasteiger partial charge is 0.464 e. The second-order valence-electron chi connectivity index (χ2n) is 8.48. The molecule has 0 radical (unpaired) electrons. The molecule has 8 N–H and O–H groups in total. The van der Waals surface area contributed by atoms with Gasteiger partial charge in [0.15, 0.2) is 0 Å². The highest BCUT2D eigenvalue weighted by Crippen LogP contribution is 2.34. The van der Waals surface area contributed by atoms with Gasteiger partial charge in [0.2, 0.25) is 11.9 Å². The zero-order chi connectivity index (χ0) is 25.5. The van der Waals surface area contributed by atoms with E-state index in [4.69, 9.17) is 27.4 Å². The maximum Gasteiger partial charge on any atom is 0.217 e. The first-order chi connectivity index (χ1) is 16.6. The molecule has 2 aromatic carbocycles. The minimum Gasteiger partial charge on any atom is -0.464 e. The molecule has 0 spiro atoms. The molecule has 1 aromatic heterocycles. The molecule has 0 aliphatic rings. The standard InChI is InChI=1S/C26H32N8O/c1-15(2)31-25(29)33-23(27)19-9-5-7-17(13-19)21-11-12-35-22(21)18-8-6-10-20(14-18)24(28)34-26(30)32-16(3)4/h5-16H,1-4H3,(H4,27,29,31,33)(H4,28,30,32,34). The number of aliphatic imine (C=N–C) groups is 4. The van der Waals surface area contributed by atoms with Gasteiger partial charge in [-0.2, -0.15) is 9.98 Å². The van der Waals surface area contributed by atoms with Crippen molar-refractivity contribution in [1.82, 2.24) is 0 Å². The van der Waals surface area contributed by atoms with Crippen LogP contribution in [0.5, 0.6) is 0 Å². The highest BCUT2D eigenvalue weighted by Gasteiger charge is 2.14. The van der Waals surface area contributed by atoms with Crippen LogP contribution in [0.2, 0.25) is 0 Å². The van der Waals surface area contributed by atoms with Gasteiger partial charge in [0.05, 0.1) is 6.26 Å². The van der Waals surface area contributed by atoms with Crippen molar-refractivity contribution in [2.24, 2.45) is 42.9 Å². The van der Waals surface area contributed by atoms with E-state index >= 15 is 0 Å². The molecule has 0 saturated heterocycles. The Hall–Kier alpha value is -4.40. The lowest BCUT2D eigenvalue weighted by molar-refractivity contribution is 0.583. The van der Waals surface area contributed by atoms with Gasteiger partial charge in [-0.1, -0.05) is 36.4 Å². The summed E-state index contributed by atoms with van der Waals surface area (Å²) in [5.74, 6) is 1.51. The van der Waals surface area contributed by atoms with Crippen LogP contribution in [-0.2, 0) is 0 Å². The van der Waals surface area contributed by atoms with Gasteiger partial charge < -0.3 is 27.4 Å². The summed E-state index contributed by atoms with van der Waals surface area (Å²) in [6, 6.07) is 17.2. The summed E-state index contributed by atoms with van der Waals surface area (Å²) in [6.45, 7) is 7.67. The maximum absolute atomic E-state index is 6.18. The summed E-state index contributed by atoms with van der Waals surface area (Å²) < 4.78 is 5.85. The van der Waals surface area contributed by atoms with Crippen LogP contribution in [0.15, 0.2) is 85.2 Å². The smallest absolute Gasteiger partial charge is 0.217 e. The number of hydrogen-bond donors (Lipinski definition) is 4. The number of furan rings is 1. The highest BCUT2D eigenvalue weighted by molar-refractivity contribution is 6.06. The second-order valence-corrected chi connectivity index (χ2v) is 8.48. The monoisotopic (exact) mass is 472 g/mol. The molecule has 0 amide bonds. The van der Waals surface area contributed by atoms with Crippen molar-refractivity contribution in [3.05, 3.63) is 72.0 Å². The number of nitrogens with two attached hydrogens (primary N) is 4. The van der Waals surface area contributed by atoms with Gasteiger partial charge in [0.1, 0.15) is 17.4 Å². The van der Waals surface area contributed by atoms with Gasteiger partial charge in [0.25, 0.3) is 0 Å². The summed E-state index contributed by atoms with van der Waals surface area (Å²) in [4.78, 5) is 16.8. The summed E-state index contributed by atoms with van der Waals surface area (Å²) in [7, 11) is 0. The second kappa shape index (κ2) is 11.1. The Morgan fingerprint density at radius 1 is 0.686 bits per heavy atom. The van der Waals surface area contributed by atoms with E-state index in [1.807, 2.05) is 82.3 Å². The van der Waals surface area contributed by atoms with E-state index in [2.05, 4.69) is 20.0 Å². The molecule has 0 aliphatic carbocycles. The first-order valence-corrected chi connectivity index (χ1v) is 11.3. The predicted octanol–water partition coefficient (Wildman–Crippen LogP) is 3.47. The summed E-state index contributed by atoms with van der Waals surface area (Å²) in [6.07, 6.45) is 1.64. The molecule has 182 valence electrons. The van der Waals surface area contributed by atoms with Crippen LogP contribution in [0.4, 0.5) is 0 Å². The Bertz CT molecular complexity index is 1200. The fourth-order valence-corrected chi connectivity index (χ4v) is 3.39. The van der Waals surface area contributed by atoms with Crippen molar-refractivity contribution in [2.75, 3.05) is 0 Å². The van der Waals surface area contributed by atoms with Crippen LogP contribution in [-0.4, -0.2) is 35.7 Å². The van der Waals surface area contributed by atoms with Crippen molar-refractivity contribution in [3.8, 4) is 22.5 Å². The molecular formula is C26H32N8O. The Kier molecular flexibility index (Phi) is 8.04. The zero-order valence-electron chi connectivity index (χ0n) is 20.4. The van der Waals surface area contributed by atoms with Gasteiger partial charge in [-0.05, 0) is 51.5 Å². The lowest BCUT2D eigenvalue weighted by atomic mass is 9.99. The van der Waals surface area contributed by atoms with Gasteiger partial charge in [-0.3, -0.25) is 0 Å². The zero-order valence-corrected chi connectivity index (χ0v) is 20.4. The third-order valence-electron chi connectivity index (χ3n) is 4.81. The van der Waals surface area contributed by atoms with Crippen LogP contribution < -0.4 is 22.9 Å². The van der Waals surface area contributed by atoms with Crippen molar-refractivity contribution in [3.63, 3.8) is 0 Å². The van der Waals surface area contributed by atoms with Gasteiger partial charge in [-0.15, -0.1) is 0 Å². The molecule has 3 rings (SSSR count). The number of benzene rings is 2. The molecule has 0 bridgehead atoms. The van der Waals surface area contributed by atoms with E-state index in [-0.39, 0.29) is 35.7 Å². The summed E-state index contributed by atoms with van der Waals surface area (Å²) in [5, 5.41) is 0. The average Bonchev–Trinajstić information content (AvgIpc) is 3.28. The molecule has 35 heavy (non-hydrogen) atoms. The molecular weight excluding hydrogens is 440 g/mol. The lowest BCUT2D eigenvalue weighted by Gasteiger charge is -2.08. The maximum atomic E-state index is 6.18. The number of guanidine groups is 2. The SMILES string of the molecule is CC(C)N=C(N)N=C(N)c1cccc(-c2ccoc2-c2cccc(C(N)=NC(N)=NC(C)C)c2)c1. The molecule has 0 aliphatic heterocycles. The van der Waals surface area contributed by atoms with E-state index in [9.17, 15) is 0 Å². The highest BCUT2D eigenvalue weighted by atomic mass is 16.3. The minimum absolute atomic E-state index is 0.0253. The van der Waals surface area contributed by atoms with Crippen LogP contribution in [0.1, 0.15) is 38.8 Å². The molecule has 0 fully saturated rings. The van der Waals surface area contributed by atoms with Crippen molar-refractivity contribution in [1.29, 1.82) is 0 Å². The van der Waals surface area contributed by atoms with Gasteiger partial charge >= 0.3 is 0 Å². The topological polar surface area (TPSA) is 167 Å². The van der Waals surface area contributed by atoms with Crippen molar-refractivity contribution < 1.29 is 4.42 Å². The van der Waals surface area contributed by atoms with Crippen LogP contribution >= 0.6 is 0 Å². The normalized spacial score (nSPS) is 13.7. The number of nitrogens with zero attached hydrogens (tertiary/aromatic N) is 4. The van der Waals surface area contributed by atoms with E-state index in [1.54, 1.807) is 6.26 Å². The number of hydrogen-bond acceptors (Lipinski definition) is 3. The van der Waals surface area contributed by atoms with E-state index in [1.165, 1.54) is 0 Å². The third kappa shape index (κ3) is 6.80. The average molecular weight is 473 g/mol. The predicted molar refractivity (Wildman–Crippen MR) is 145 cm³/mol. The molecule has 3 aromatic rings. The summed E-state index contributed by atoms with van der Waals surface area (Å²) >= 11 is 0. The van der Waals surface area contributed by atoms with Crippen LogP contribution in [0, 0.1) is 0 Å². The van der Waals surface area contributed by atoms with E-state index in [0.717, 1.165) is 22.3 Å². The molecule has 9 nitrogen and oxygen atoms in total. The molecule has 1 heterocycles. The first-order valence-electron chi connectivity index (χ1n) is 11.3.